The molecule has 1 aromatic heterocycles. The van der Waals surface area contributed by atoms with Crippen molar-refractivity contribution in [3.05, 3.63) is 45.9 Å². The highest BCUT2D eigenvalue weighted by molar-refractivity contribution is 7.09. The molecule has 0 spiro atoms. The average molecular weight is 444 g/mol. The molecule has 1 fully saturated rings. The molecule has 170 valence electrons. The van der Waals surface area contributed by atoms with Gasteiger partial charge in [0.2, 0.25) is 0 Å². The molecular formula is C24H37N5OS. The summed E-state index contributed by atoms with van der Waals surface area (Å²) in [6.07, 6.45) is 4.35. The van der Waals surface area contributed by atoms with Crippen LogP contribution in [0.5, 0.6) is 5.75 Å². The maximum atomic E-state index is 5.45. The molecule has 0 unspecified atom stereocenters. The van der Waals surface area contributed by atoms with Crippen LogP contribution >= 0.6 is 11.3 Å². The first-order valence-electron chi connectivity index (χ1n) is 11.5. The fourth-order valence-corrected chi connectivity index (χ4v) is 4.66. The number of rotatable bonds is 10. The smallest absolute Gasteiger partial charge is 0.191 e. The number of nitrogens with zero attached hydrogens (tertiary/aromatic N) is 3. The molecular weight excluding hydrogens is 406 g/mol. The molecule has 2 heterocycles. The number of piperidine rings is 1. The van der Waals surface area contributed by atoms with E-state index >= 15 is 0 Å². The van der Waals surface area contributed by atoms with Crippen LogP contribution < -0.4 is 15.4 Å². The van der Waals surface area contributed by atoms with Crippen molar-refractivity contribution in [2.24, 2.45) is 10.9 Å². The van der Waals surface area contributed by atoms with E-state index in [0.29, 0.717) is 5.92 Å². The number of aliphatic imine (C=N–C) groups is 1. The molecule has 6 nitrogen and oxygen atoms in total. The molecule has 1 aromatic carbocycles. The number of thiazole rings is 1. The van der Waals surface area contributed by atoms with Gasteiger partial charge in [-0.2, -0.15) is 0 Å². The van der Waals surface area contributed by atoms with Gasteiger partial charge in [0.1, 0.15) is 5.75 Å². The van der Waals surface area contributed by atoms with Gasteiger partial charge in [-0.15, -0.1) is 11.3 Å². The number of aromatic nitrogens is 1. The van der Waals surface area contributed by atoms with E-state index < -0.39 is 0 Å². The molecule has 0 saturated carbocycles. The molecule has 31 heavy (non-hydrogen) atoms. The summed E-state index contributed by atoms with van der Waals surface area (Å²) in [5.41, 5.74) is 2.44. The second-order valence-electron chi connectivity index (χ2n) is 8.01. The summed E-state index contributed by atoms with van der Waals surface area (Å²) in [5, 5.41) is 10.3. The van der Waals surface area contributed by atoms with E-state index in [1.165, 1.54) is 29.1 Å². The van der Waals surface area contributed by atoms with Gasteiger partial charge < -0.3 is 15.4 Å². The van der Waals surface area contributed by atoms with Crippen molar-refractivity contribution in [2.45, 2.75) is 46.1 Å². The average Bonchev–Trinajstić information content (AvgIpc) is 3.26. The maximum absolute atomic E-state index is 5.45. The lowest BCUT2D eigenvalue weighted by molar-refractivity contribution is 0.179. The van der Waals surface area contributed by atoms with Crippen LogP contribution in [0, 0.1) is 5.92 Å². The third-order valence-corrected chi connectivity index (χ3v) is 6.77. The molecule has 7 heteroatoms. The van der Waals surface area contributed by atoms with Gasteiger partial charge in [-0.1, -0.05) is 25.1 Å². The zero-order valence-corrected chi connectivity index (χ0v) is 20.0. The predicted molar refractivity (Wildman–Crippen MR) is 130 cm³/mol. The lowest BCUT2D eigenvalue weighted by Crippen LogP contribution is -2.39. The Labute approximate surface area is 191 Å². The fourth-order valence-electron chi connectivity index (χ4n) is 3.93. The number of ether oxygens (including phenoxy) is 1. The molecule has 1 aliphatic rings. The first-order chi connectivity index (χ1) is 15.2. The van der Waals surface area contributed by atoms with Crippen LogP contribution in [0.25, 0.3) is 0 Å². The Morgan fingerprint density at radius 3 is 2.74 bits per heavy atom. The maximum Gasteiger partial charge on any atom is 0.191 e. The van der Waals surface area contributed by atoms with E-state index in [9.17, 15) is 0 Å². The van der Waals surface area contributed by atoms with E-state index in [0.717, 1.165) is 63.8 Å². The van der Waals surface area contributed by atoms with Crippen molar-refractivity contribution in [3.8, 4) is 5.75 Å². The molecule has 2 aromatic rings. The molecule has 0 aliphatic carbocycles. The van der Waals surface area contributed by atoms with Crippen molar-refractivity contribution >= 4 is 17.3 Å². The topological polar surface area (TPSA) is 61.8 Å². The summed E-state index contributed by atoms with van der Waals surface area (Å²) in [4.78, 5) is 12.1. The Hall–Kier alpha value is -2.12. The molecule has 1 aliphatic heterocycles. The largest absolute Gasteiger partial charge is 0.496 e. The number of para-hydroxylation sites is 1. The van der Waals surface area contributed by atoms with E-state index in [1.807, 2.05) is 12.1 Å². The zero-order valence-electron chi connectivity index (χ0n) is 19.2. The highest BCUT2D eigenvalue weighted by Crippen LogP contribution is 2.20. The summed E-state index contributed by atoms with van der Waals surface area (Å²) in [5.74, 6) is 2.51. The van der Waals surface area contributed by atoms with Crippen molar-refractivity contribution in [1.82, 2.24) is 20.5 Å². The molecule has 0 radical (unpaired) electrons. The Kier molecular flexibility index (Phi) is 9.62. The first kappa shape index (κ1) is 23.5. The summed E-state index contributed by atoms with van der Waals surface area (Å²) in [6.45, 7) is 10.1. The van der Waals surface area contributed by atoms with Crippen LogP contribution in [0.4, 0.5) is 0 Å². The Bertz CT molecular complexity index is 814. The molecule has 0 amide bonds. The van der Waals surface area contributed by atoms with Crippen molar-refractivity contribution in [3.63, 3.8) is 0 Å². The van der Waals surface area contributed by atoms with Crippen molar-refractivity contribution < 1.29 is 4.74 Å². The van der Waals surface area contributed by atoms with Crippen LogP contribution in [0.3, 0.4) is 0 Å². The minimum atomic E-state index is 0.655. The van der Waals surface area contributed by atoms with Gasteiger partial charge in [-0.25, -0.2) is 4.98 Å². The first-order valence-corrected chi connectivity index (χ1v) is 12.4. The molecule has 2 N–H and O–H groups in total. The Morgan fingerprint density at radius 1 is 1.23 bits per heavy atom. The number of guanidine groups is 1. The number of likely N-dealkylation sites (tertiary alicyclic amines) is 1. The Balaban J connectivity index is 1.41. The van der Waals surface area contributed by atoms with Crippen molar-refractivity contribution in [1.29, 1.82) is 0 Å². The number of nitrogens with one attached hydrogen (secondary N) is 2. The normalized spacial score (nSPS) is 15.8. The third kappa shape index (κ3) is 7.51. The molecule has 1 saturated heterocycles. The highest BCUT2D eigenvalue weighted by Gasteiger charge is 2.20. The van der Waals surface area contributed by atoms with Crippen molar-refractivity contribution in [2.75, 3.05) is 39.8 Å². The number of hydrogen-bond acceptors (Lipinski definition) is 5. The summed E-state index contributed by atoms with van der Waals surface area (Å²) in [6, 6.07) is 8.19. The van der Waals surface area contributed by atoms with E-state index in [4.69, 9.17) is 14.7 Å². The van der Waals surface area contributed by atoms with Gasteiger partial charge >= 0.3 is 0 Å². The van der Waals surface area contributed by atoms with Crippen LogP contribution in [-0.4, -0.2) is 55.7 Å². The summed E-state index contributed by atoms with van der Waals surface area (Å²) < 4.78 is 5.45. The predicted octanol–water partition coefficient (Wildman–Crippen LogP) is 3.72. The van der Waals surface area contributed by atoms with Gasteiger partial charge in [0, 0.05) is 31.6 Å². The van der Waals surface area contributed by atoms with Gasteiger partial charge in [0.25, 0.3) is 0 Å². The minimum absolute atomic E-state index is 0.655. The summed E-state index contributed by atoms with van der Waals surface area (Å²) in [7, 11) is 1.72. The highest BCUT2D eigenvalue weighted by atomic mass is 32.1. The van der Waals surface area contributed by atoms with Gasteiger partial charge in [-0.05, 0) is 63.2 Å². The number of methoxy groups -OCH3 is 1. The van der Waals surface area contributed by atoms with Crippen LogP contribution in [-0.2, 0) is 19.4 Å². The van der Waals surface area contributed by atoms with Gasteiger partial charge in [0.15, 0.2) is 5.96 Å². The summed E-state index contributed by atoms with van der Waals surface area (Å²) >= 11 is 1.79. The monoisotopic (exact) mass is 443 g/mol. The zero-order chi connectivity index (χ0) is 21.9. The molecule has 3 rings (SSSR count). The van der Waals surface area contributed by atoms with Crippen LogP contribution in [0.1, 0.15) is 43.0 Å². The van der Waals surface area contributed by atoms with E-state index in [1.54, 1.807) is 18.4 Å². The third-order valence-electron chi connectivity index (χ3n) is 5.73. The Morgan fingerprint density at radius 2 is 2.03 bits per heavy atom. The number of hydrogen-bond donors (Lipinski definition) is 2. The van der Waals surface area contributed by atoms with E-state index in [-0.39, 0.29) is 0 Å². The molecule has 0 bridgehead atoms. The lowest BCUT2D eigenvalue weighted by atomic mass is 9.97. The van der Waals surface area contributed by atoms with E-state index in [2.05, 4.69) is 46.9 Å². The van der Waals surface area contributed by atoms with Crippen LogP contribution in [0.15, 0.2) is 34.6 Å². The SMILES string of the molecule is CCNC(=NCC1CCN(Cc2csc(CC)n2)CC1)NCCc1ccccc1OC. The van der Waals surface area contributed by atoms with Gasteiger partial charge in [0.05, 0.1) is 17.8 Å². The van der Waals surface area contributed by atoms with Crippen LogP contribution in [0.2, 0.25) is 0 Å². The lowest BCUT2D eigenvalue weighted by Gasteiger charge is -2.30. The van der Waals surface area contributed by atoms with Gasteiger partial charge in [-0.3, -0.25) is 9.89 Å². The second kappa shape index (κ2) is 12.7. The quantitative estimate of drug-likeness (QED) is 0.433. The standard InChI is InChI=1S/C24H37N5OS/c1-4-23-28-21(18-31-23)17-29-14-11-19(12-15-29)16-27-24(25-5-2)26-13-10-20-8-6-7-9-22(20)30-3/h6-9,18-19H,4-5,10-17H2,1-3H3,(H2,25,26,27). The minimum Gasteiger partial charge on any atom is -0.496 e. The molecule has 0 atom stereocenters. The fraction of sp³-hybridized carbons (Fsp3) is 0.583. The second-order valence-corrected chi connectivity index (χ2v) is 8.96. The number of aryl methyl sites for hydroxylation is 1. The number of benzene rings is 1.